The smallest absolute Gasteiger partial charge is 0.276 e. The van der Waals surface area contributed by atoms with Gasteiger partial charge in [0.2, 0.25) is 0 Å². The fourth-order valence-electron chi connectivity index (χ4n) is 1.50. The van der Waals surface area contributed by atoms with Crippen molar-refractivity contribution in [2.24, 2.45) is 0 Å². The summed E-state index contributed by atoms with van der Waals surface area (Å²) in [7, 11) is 0. The van der Waals surface area contributed by atoms with Gasteiger partial charge in [0, 0.05) is 5.39 Å². The lowest BCUT2D eigenvalue weighted by molar-refractivity contribution is 0.189. The molecule has 2 rings (SSSR count). The van der Waals surface area contributed by atoms with Crippen molar-refractivity contribution in [3.05, 3.63) is 40.3 Å². The van der Waals surface area contributed by atoms with Crippen LogP contribution in [0.1, 0.15) is 5.69 Å². The maximum Gasteiger partial charge on any atom is 0.276 e. The van der Waals surface area contributed by atoms with Crippen LogP contribution in [0.4, 0.5) is 0 Å². The van der Waals surface area contributed by atoms with Gasteiger partial charge in [0.1, 0.15) is 6.73 Å². The summed E-state index contributed by atoms with van der Waals surface area (Å²) in [6, 6.07) is 7.24. The number of fused-ring (bicyclic) bond motifs is 1. The molecule has 14 heavy (non-hydrogen) atoms. The molecule has 1 aromatic heterocycles. The highest BCUT2D eigenvalue weighted by molar-refractivity contribution is 5.83. The number of benzene rings is 1. The summed E-state index contributed by atoms with van der Waals surface area (Å²) in [5.74, 6) is 0. The van der Waals surface area contributed by atoms with E-state index in [9.17, 15) is 4.79 Å². The molecule has 0 spiro atoms. The van der Waals surface area contributed by atoms with Crippen LogP contribution in [0.25, 0.3) is 10.8 Å². The van der Waals surface area contributed by atoms with Gasteiger partial charge >= 0.3 is 0 Å². The molecule has 0 amide bonds. The van der Waals surface area contributed by atoms with Crippen molar-refractivity contribution in [3.63, 3.8) is 0 Å². The lowest BCUT2D eigenvalue weighted by Gasteiger charge is -2.04. The van der Waals surface area contributed by atoms with Gasteiger partial charge in [-0.3, -0.25) is 4.79 Å². The Labute approximate surface area is 80.4 Å². The van der Waals surface area contributed by atoms with Crippen molar-refractivity contribution in [1.82, 2.24) is 9.78 Å². The fourth-order valence-corrected chi connectivity index (χ4v) is 1.50. The summed E-state index contributed by atoms with van der Waals surface area (Å²) in [5.41, 5.74) is 0.489. The monoisotopic (exact) mass is 190 g/mol. The van der Waals surface area contributed by atoms with Crippen molar-refractivity contribution >= 4 is 10.8 Å². The Bertz CT molecular complexity index is 531. The third kappa shape index (κ3) is 1.20. The summed E-state index contributed by atoms with van der Waals surface area (Å²) in [6.45, 7) is 1.43. The van der Waals surface area contributed by atoms with Crippen molar-refractivity contribution in [2.75, 3.05) is 0 Å². The molecule has 1 aromatic carbocycles. The van der Waals surface area contributed by atoms with Gasteiger partial charge in [0.25, 0.3) is 5.56 Å². The van der Waals surface area contributed by atoms with E-state index in [1.165, 1.54) is 0 Å². The molecule has 4 heteroatoms. The quantitative estimate of drug-likeness (QED) is 0.718. The minimum absolute atomic E-state index is 0.256. The third-order valence-corrected chi connectivity index (χ3v) is 2.19. The Morgan fingerprint density at radius 2 is 2.00 bits per heavy atom. The molecule has 0 aliphatic heterocycles. The van der Waals surface area contributed by atoms with Gasteiger partial charge in [0.05, 0.1) is 11.1 Å². The van der Waals surface area contributed by atoms with E-state index in [0.717, 1.165) is 15.8 Å². The maximum absolute atomic E-state index is 11.7. The molecular formula is C10H10N2O2. The van der Waals surface area contributed by atoms with Crippen molar-refractivity contribution in [3.8, 4) is 0 Å². The second kappa shape index (κ2) is 3.23. The van der Waals surface area contributed by atoms with Crippen LogP contribution in [0, 0.1) is 6.92 Å². The minimum atomic E-state index is -0.384. The van der Waals surface area contributed by atoms with E-state index in [1.54, 1.807) is 12.1 Å². The van der Waals surface area contributed by atoms with Crippen LogP contribution in [0.15, 0.2) is 29.1 Å². The molecule has 1 N–H and O–H groups in total. The predicted octanol–water partition coefficient (Wildman–Crippen LogP) is 0.655. The molecule has 1 heterocycles. The van der Waals surface area contributed by atoms with Crippen LogP contribution in [-0.4, -0.2) is 14.9 Å². The predicted molar refractivity (Wildman–Crippen MR) is 53.0 cm³/mol. The van der Waals surface area contributed by atoms with Crippen molar-refractivity contribution in [2.45, 2.75) is 13.7 Å². The maximum atomic E-state index is 11.7. The number of nitrogens with zero attached hydrogens (tertiary/aromatic N) is 2. The Balaban J connectivity index is 2.95. The lowest BCUT2D eigenvalue weighted by atomic mass is 10.1. The normalized spacial score (nSPS) is 10.7. The molecule has 0 aliphatic rings. The van der Waals surface area contributed by atoms with Gasteiger partial charge in [-0.1, -0.05) is 18.2 Å². The molecule has 0 aliphatic carbocycles. The first kappa shape index (κ1) is 8.90. The molecule has 72 valence electrons. The Hall–Kier alpha value is -1.68. The molecule has 0 radical (unpaired) electrons. The van der Waals surface area contributed by atoms with Crippen LogP contribution in [0.2, 0.25) is 0 Å². The number of aliphatic hydroxyl groups is 1. The number of aryl methyl sites for hydroxylation is 1. The largest absolute Gasteiger partial charge is 0.374 e. The average Bonchev–Trinajstić information content (AvgIpc) is 2.23. The Kier molecular flexibility index (Phi) is 2.05. The fraction of sp³-hybridized carbons (Fsp3) is 0.200. The van der Waals surface area contributed by atoms with E-state index in [0.29, 0.717) is 5.39 Å². The van der Waals surface area contributed by atoms with E-state index in [2.05, 4.69) is 5.10 Å². The zero-order valence-electron chi connectivity index (χ0n) is 7.77. The first-order valence-electron chi connectivity index (χ1n) is 4.31. The van der Waals surface area contributed by atoms with Crippen LogP contribution in [-0.2, 0) is 6.73 Å². The molecule has 0 bridgehead atoms. The zero-order valence-corrected chi connectivity index (χ0v) is 7.77. The molecule has 2 aromatic rings. The molecule has 0 saturated heterocycles. The Morgan fingerprint density at radius 1 is 1.36 bits per heavy atom. The van der Waals surface area contributed by atoms with Crippen molar-refractivity contribution in [1.29, 1.82) is 0 Å². The number of hydrogen-bond acceptors (Lipinski definition) is 3. The van der Waals surface area contributed by atoms with Gasteiger partial charge in [-0.05, 0) is 13.0 Å². The number of rotatable bonds is 1. The zero-order chi connectivity index (χ0) is 10.1. The highest BCUT2D eigenvalue weighted by atomic mass is 16.3. The summed E-state index contributed by atoms with van der Waals surface area (Å²) in [6.07, 6.45) is 0. The van der Waals surface area contributed by atoms with Crippen LogP contribution in [0.5, 0.6) is 0 Å². The highest BCUT2D eigenvalue weighted by Gasteiger charge is 2.05. The number of aromatic nitrogens is 2. The standard InChI is InChI=1S/C10H10N2O2/c1-7-8-4-2-3-5-9(8)10(14)12(6-13)11-7/h2-5,13H,6H2,1H3. The average molecular weight is 190 g/mol. The van der Waals surface area contributed by atoms with Gasteiger partial charge in [-0.25, -0.2) is 4.68 Å². The van der Waals surface area contributed by atoms with E-state index in [-0.39, 0.29) is 12.3 Å². The summed E-state index contributed by atoms with van der Waals surface area (Å²) < 4.78 is 1.05. The highest BCUT2D eigenvalue weighted by Crippen LogP contribution is 2.11. The van der Waals surface area contributed by atoms with E-state index in [4.69, 9.17) is 5.11 Å². The second-order valence-corrected chi connectivity index (χ2v) is 3.08. The third-order valence-electron chi connectivity index (χ3n) is 2.19. The summed E-state index contributed by atoms with van der Waals surface area (Å²) >= 11 is 0. The molecular weight excluding hydrogens is 180 g/mol. The number of hydrogen-bond donors (Lipinski definition) is 1. The van der Waals surface area contributed by atoms with E-state index < -0.39 is 0 Å². The first-order chi connectivity index (χ1) is 6.74. The van der Waals surface area contributed by atoms with Gasteiger partial charge < -0.3 is 5.11 Å². The lowest BCUT2D eigenvalue weighted by Crippen LogP contribution is -2.23. The topological polar surface area (TPSA) is 55.1 Å². The summed E-state index contributed by atoms with van der Waals surface area (Å²) in [5, 5.41) is 14.3. The summed E-state index contributed by atoms with van der Waals surface area (Å²) in [4.78, 5) is 11.7. The second-order valence-electron chi connectivity index (χ2n) is 3.08. The van der Waals surface area contributed by atoms with Crippen molar-refractivity contribution < 1.29 is 5.11 Å². The van der Waals surface area contributed by atoms with Crippen LogP contribution >= 0.6 is 0 Å². The Morgan fingerprint density at radius 3 is 2.64 bits per heavy atom. The minimum Gasteiger partial charge on any atom is -0.374 e. The molecule has 0 fully saturated rings. The van der Waals surface area contributed by atoms with E-state index >= 15 is 0 Å². The molecule has 0 unspecified atom stereocenters. The SMILES string of the molecule is Cc1nn(CO)c(=O)c2ccccc12. The van der Waals surface area contributed by atoms with Crippen LogP contribution < -0.4 is 5.56 Å². The first-order valence-corrected chi connectivity index (χ1v) is 4.31. The number of aliphatic hydroxyl groups excluding tert-OH is 1. The van der Waals surface area contributed by atoms with Gasteiger partial charge in [-0.2, -0.15) is 5.10 Å². The molecule has 0 saturated carbocycles. The van der Waals surface area contributed by atoms with Crippen LogP contribution in [0.3, 0.4) is 0 Å². The van der Waals surface area contributed by atoms with E-state index in [1.807, 2.05) is 19.1 Å². The van der Waals surface area contributed by atoms with Gasteiger partial charge in [0.15, 0.2) is 0 Å². The van der Waals surface area contributed by atoms with Gasteiger partial charge in [-0.15, -0.1) is 0 Å². The molecule has 0 atom stereocenters. The molecule has 4 nitrogen and oxygen atoms in total.